The van der Waals surface area contributed by atoms with E-state index in [9.17, 15) is 19.5 Å². The van der Waals surface area contributed by atoms with Crippen LogP contribution in [0.25, 0.3) is 0 Å². The van der Waals surface area contributed by atoms with Crippen molar-refractivity contribution in [2.75, 3.05) is 10.6 Å². The summed E-state index contributed by atoms with van der Waals surface area (Å²) in [7, 11) is 0. The zero-order chi connectivity index (χ0) is 19.0. The van der Waals surface area contributed by atoms with Gasteiger partial charge in [0.1, 0.15) is 5.00 Å². The van der Waals surface area contributed by atoms with Crippen LogP contribution in [0, 0.1) is 23.7 Å². The Morgan fingerprint density at radius 1 is 0.963 bits per heavy atom. The fourth-order valence-corrected chi connectivity index (χ4v) is 4.80. The van der Waals surface area contributed by atoms with E-state index < -0.39 is 17.8 Å². The van der Waals surface area contributed by atoms with Gasteiger partial charge in [0.25, 0.3) is 5.91 Å². The molecule has 2 aromatic rings. The van der Waals surface area contributed by atoms with Gasteiger partial charge in [-0.25, -0.2) is 0 Å². The number of hydrogen-bond donors (Lipinski definition) is 3. The summed E-state index contributed by atoms with van der Waals surface area (Å²) in [6.45, 7) is 0. The van der Waals surface area contributed by atoms with Gasteiger partial charge in [0.05, 0.1) is 17.4 Å². The molecule has 0 unspecified atom stereocenters. The predicted octanol–water partition coefficient (Wildman–Crippen LogP) is 3.46. The molecular formula is C20H18N2O4S. The Morgan fingerprint density at radius 3 is 2.37 bits per heavy atom. The van der Waals surface area contributed by atoms with E-state index in [0.717, 1.165) is 0 Å². The Kier molecular flexibility index (Phi) is 4.53. The van der Waals surface area contributed by atoms with Crippen LogP contribution in [0.2, 0.25) is 0 Å². The zero-order valence-electron chi connectivity index (χ0n) is 14.3. The number of allylic oxidation sites excluding steroid dienone is 2. The summed E-state index contributed by atoms with van der Waals surface area (Å²) in [4.78, 5) is 37.0. The van der Waals surface area contributed by atoms with Gasteiger partial charge in [-0.3, -0.25) is 14.4 Å². The highest BCUT2D eigenvalue weighted by Gasteiger charge is 2.51. The lowest BCUT2D eigenvalue weighted by Gasteiger charge is -2.23. The molecule has 2 aliphatic rings. The van der Waals surface area contributed by atoms with Crippen LogP contribution in [-0.4, -0.2) is 22.9 Å². The second kappa shape index (κ2) is 7.00. The number of carbonyl (C=O) groups excluding carboxylic acids is 2. The number of fused-ring (bicyclic) bond motifs is 2. The summed E-state index contributed by atoms with van der Waals surface area (Å²) in [5, 5.41) is 17.3. The number of benzene rings is 1. The number of thiophene rings is 1. The Morgan fingerprint density at radius 2 is 1.67 bits per heavy atom. The Labute approximate surface area is 159 Å². The van der Waals surface area contributed by atoms with E-state index >= 15 is 0 Å². The topological polar surface area (TPSA) is 95.5 Å². The average molecular weight is 382 g/mol. The highest BCUT2D eigenvalue weighted by atomic mass is 32.1. The van der Waals surface area contributed by atoms with Crippen molar-refractivity contribution in [3.05, 3.63) is 59.5 Å². The number of carboxylic acid groups (broad SMARTS) is 1. The van der Waals surface area contributed by atoms with E-state index in [1.165, 1.54) is 11.3 Å². The standard InChI is InChI=1S/C20H18N2O4S/c23-17(21-13-4-2-1-3-5-13)14-8-9-27-19(14)22-18(24)15-11-6-7-12(10-11)16(15)20(25)26/h1-9,11-12,15-16H,10H2,(H,21,23)(H,22,24)(H,25,26)/t11-,12+,15-,16+/m0/s1. The van der Waals surface area contributed by atoms with Crippen LogP contribution in [0.4, 0.5) is 10.7 Å². The molecule has 1 heterocycles. The molecule has 1 fully saturated rings. The third kappa shape index (κ3) is 3.26. The van der Waals surface area contributed by atoms with Crippen LogP contribution >= 0.6 is 11.3 Å². The quantitative estimate of drug-likeness (QED) is 0.690. The van der Waals surface area contributed by atoms with Crippen molar-refractivity contribution < 1.29 is 19.5 Å². The Bertz CT molecular complexity index is 921. The lowest BCUT2D eigenvalue weighted by Crippen LogP contribution is -2.36. The van der Waals surface area contributed by atoms with E-state index in [2.05, 4.69) is 10.6 Å². The number of nitrogens with one attached hydrogen (secondary N) is 2. The van der Waals surface area contributed by atoms with Crippen molar-refractivity contribution in [3.63, 3.8) is 0 Å². The molecule has 0 spiro atoms. The van der Waals surface area contributed by atoms with Gasteiger partial charge in [-0.05, 0) is 41.8 Å². The fourth-order valence-electron chi connectivity index (χ4n) is 4.02. The molecule has 0 aliphatic heterocycles. The van der Waals surface area contributed by atoms with Crippen molar-refractivity contribution in [3.8, 4) is 0 Å². The highest BCUT2D eigenvalue weighted by Crippen LogP contribution is 2.48. The molecule has 0 saturated heterocycles. The van der Waals surface area contributed by atoms with Gasteiger partial charge in [-0.1, -0.05) is 30.4 Å². The number of carboxylic acids is 1. The molecule has 0 radical (unpaired) electrons. The maximum Gasteiger partial charge on any atom is 0.307 e. The first-order valence-electron chi connectivity index (χ1n) is 8.70. The monoisotopic (exact) mass is 382 g/mol. The molecule has 2 bridgehead atoms. The van der Waals surface area contributed by atoms with Crippen LogP contribution in [-0.2, 0) is 9.59 Å². The minimum Gasteiger partial charge on any atom is -0.481 e. The van der Waals surface area contributed by atoms with Gasteiger partial charge in [0.15, 0.2) is 0 Å². The molecule has 7 heteroatoms. The van der Waals surface area contributed by atoms with Crippen LogP contribution < -0.4 is 10.6 Å². The molecule has 4 rings (SSSR count). The van der Waals surface area contributed by atoms with Gasteiger partial charge in [-0.15, -0.1) is 11.3 Å². The number of aliphatic carboxylic acids is 1. The van der Waals surface area contributed by atoms with Crippen molar-refractivity contribution in [1.82, 2.24) is 0 Å². The molecule has 1 aromatic heterocycles. The number of hydrogen-bond acceptors (Lipinski definition) is 4. The largest absolute Gasteiger partial charge is 0.481 e. The summed E-state index contributed by atoms with van der Waals surface area (Å²) in [5.74, 6) is -3.06. The third-order valence-electron chi connectivity index (χ3n) is 5.23. The smallest absolute Gasteiger partial charge is 0.307 e. The van der Waals surface area contributed by atoms with Crippen molar-refractivity contribution in [2.24, 2.45) is 23.7 Å². The van der Waals surface area contributed by atoms with Crippen molar-refractivity contribution in [2.45, 2.75) is 6.42 Å². The van der Waals surface area contributed by atoms with E-state index in [1.807, 2.05) is 30.4 Å². The lowest BCUT2D eigenvalue weighted by molar-refractivity contribution is -0.146. The van der Waals surface area contributed by atoms with E-state index in [-0.39, 0.29) is 23.7 Å². The molecule has 3 N–H and O–H groups in total. The molecule has 138 valence electrons. The summed E-state index contributed by atoms with van der Waals surface area (Å²) in [6.07, 6.45) is 4.53. The molecule has 6 nitrogen and oxygen atoms in total. The summed E-state index contributed by atoms with van der Waals surface area (Å²) < 4.78 is 0. The number of rotatable bonds is 5. The van der Waals surface area contributed by atoms with Crippen LogP contribution in [0.5, 0.6) is 0 Å². The van der Waals surface area contributed by atoms with E-state index in [4.69, 9.17) is 0 Å². The molecule has 4 atom stereocenters. The number of amides is 2. The second-order valence-electron chi connectivity index (χ2n) is 6.81. The molecule has 27 heavy (non-hydrogen) atoms. The van der Waals surface area contributed by atoms with Crippen LogP contribution in [0.15, 0.2) is 53.9 Å². The first-order valence-corrected chi connectivity index (χ1v) is 9.58. The van der Waals surface area contributed by atoms with E-state index in [1.54, 1.807) is 23.6 Å². The van der Waals surface area contributed by atoms with Crippen LogP contribution in [0.1, 0.15) is 16.8 Å². The lowest BCUT2D eigenvalue weighted by atomic mass is 9.82. The molecule has 2 amide bonds. The maximum absolute atomic E-state index is 12.8. The van der Waals surface area contributed by atoms with Gasteiger partial charge in [0, 0.05) is 5.69 Å². The second-order valence-corrected chi connectivity index (χ2v) is 7.73. The summed E-state index contributed by atoms with van der Waals surface area (Å²) in [5.41, 5.74) is 1.03. The first kappa shape index (κ1) is 17.5. The average Bonchev–Trinajstić information content (AvgIpc) is 3.37. The molecule has 1 saturated carbocycles. The zero-order valence-corrected chi connectivity index (χ0v) is 15.1. The first-order chi connectivity index (χ1) is 13.0. The van der Waals surface area contributed by atoms with Gasteiger partial charge >= 0.3 is 5.97 Å². The fraction of sp³-hybridized carbons (Fsp3) is 0.250. The number of anilines is 2. The third-order valence-corrected chi connectivity index (χ3v) is 6.06. The van der Waals surface area contributed by atoms with Crippen LogP contribution in [0.3, 0.4) is 0 Å². The minimum absolute atomic E-state index is 0.0577. The van der Waals surface area contributed by atoms with Gasteiger partial charge in [0.2, 0.25) is 5.91 Å². The van der Waals surface area contributed by atoms with Gasteiger partial charge < -0.3 is 15.7 Å². The SMILES string of the molecule is O=C(Nc1ccccc1)c1ccsc1NC(=O)[C@@H]1[C@H](C(=O)O)[C@@H]2C=C[C@H]1C2. The molecule has 1 aromatic carbocycles. The van der Waals surface area contributed by atoms with E-state index in [0.29, 0.717) is 22.7 Å². The van der Waals surface area contributed by atoms with Crippen molar-refractivity contribution >= 4 is 39.8 Å². The molecular weight excluding hydrogens is 364 g/mol. The normalized spacial score (nSPS) is 25.3. The maximum atomic E-state index is 12.8. The Hall–Kier alpha value is -2.93. The highest BCUT2D eigenvalue weighted by molar-refractivity contribution is 7.14. The van der Waals surface area contributed by atoms with Gasteiger partial charge in [-0.2, -0.15) is 0 Å². The number of para-hydroxylation sites is 1. The Balaban J connectivity index is 1.50. The summed E-state index contributed by atoms with van der Waals surface area (Å²) >= 11 is 1.25. The minimum atomic E-state index is -0.944. The predicted molar refractivity (Wildman–Crippen MR) is 103 cm³/mol. The number of carbonyl (C=O) groups is 3. The molecule has 2 aliphatic carbocycles. The van der Waals surface area contributed by atoms with Crippen molar-refractivity contribution in [1.29, 1.82) is 0 Å². The summed E-state index contributed by atoms with van der Waals surface area (Å²) in [6, 6.07) is 10.7.